The zero-order chi connectivity index (χ0) is 29.2. The highest BCUT2D eigenvalue weighted by molar-refractivity contribution is 6.04. The number of benzene rings is 2. The van der Waals surface area contributed by atoms with Gasteiger partial charge >= 0.3 is 0 Å². The monoisotopic (exact) mass is 558 g/mol. The lowest BCUT2D eigenvalue weighted by molar-refractivity contribution is 0.0941. The molecule has 6 aromatic rings. The highest BCUT2D eigenvalue weighted by Gasteiger charge is 2.24. The number of rotatable bonds is 6. The first-order valence-corrected chi connectivity index (χ1v) is 13.2. The molecule has 0 aliphatic carbocycles. The minimum absolute atomic E-state index is 0.0262. The average molecular weight is 559 g/mol. The average Bonchev–Trinajstić information content (AvgIpc) is 3.59. The number of para-hydroxylation sites is 1. The predicted octanol–water partition coefficient (Wildman–Crippen LogP) is 2.70. The number of aliphatic hydroxyl groups is 1. The second kappa shape index (κ2) is 11.0. The Morgan fingerprint density at radius 2 is 1.95 bits per heavy atom. The van der Waals surface area contributed by atoms with Crippen molar-refractivity contribution in [3.05, 3.63) is 118 Å². The summed E-state index contributed by atoms with van der Waals surface area (Å²) in [7, 11) is 0. The number of aromatic nitrogens is 6. The quantitative estimate of drug-likeness (QED) is 0.267. The summed E-state index contributed by atoms with van der Waals surface area (Å²) >= 11 is 0. The lowest BCUT2D eigenvalue weighted by atomic mass is 10.0. The van der Waals surface area contributed by atoms with Crippen LogP contribution in [0.5, 0.6) is 0 Å². The number of anilines is 1. The molecule has 2 aromatic carbocycles. The Labute approximate surface area is 239 Å². The molecule has 0 saturated heterocycles. The van der Waals surface area contributed by atoms with E-state index in [-0.39, 0.29) is 23.5 Å². The van der Waals surface area contributed by atoms with Gasteiger partial charge in [-0.25, -0.2) is 9.50 Å². The summed E-state index contributed by atoms with van der Waals surface area (Å²) in [6.07, 6.45) is 6.59. The maximum atomic E-state index is 14.2. The molecule has 0 unspecified atom stereocenters. The maximum absolute atomic E-state index is 14.2. The molecule has 11 nitrogen and oxygen atoms in total. The topological polar surface area (TPSA) is 145 Å². The number of aliphatic hydroxyl groups excluding tert-OH is 1. The Morgan fingerprint density at radius 1 is 1.12 bits per heavy atom. The van der Waals surface area contributed by atoms with Crippen LogP contribution in [0.4, 0.5) is 5.82 Å². The molecule has 1 amide bonds. The lowest BCUT2D eigenvalue weighted by Crippen LogP contribution is -2.32. The maximum Gasteiger partial charge on any atom is 0.264 e. The molecule has 4 N–H and O–H groups in total. The van der Waals surface area contributed by atoms with E-state index in [0.29, 0.717) is 45.5 Å². The SMILES string of the molecule is C[C@@H](NC(=O)c1c(N)nn2cccnc12)c1cc2cccc(C#Cc3cnn(CCO)c3)c2c(=O)n1-c1ccccc1. The molecule has 42 heavy (non-hydrogen) atoms. The van der Waals surface area contributed by atoms with Crippen LogP contribution in [0.2, 0.25) is 0 Å². The van der Waals surface area contributed by atoms with Crippen molar-refractivity contribution in [3.8, 4) is 17.5 Å². The highest BCUT2D eigenvalue weighted by Crippen LogP contribution is 2.24. The molecule has 0 fully saturated rings. The third kappa shape index (κ3) is 4.87. The van der Waals surface area contributed by atoms with Crippen molar-refractivity contribution in [1.82, 2.24) is 34.3 Å². The van der Waals surface area contributed by atoms with Gasteiger partial charge < -0.3 is 16.2 Å². The summed E-state index contributed by atoms with van der Waals surface area (Å²) in [6, 6.07) is 17.7. The van der Waals surface area contributed by atoms with Crippen molar-refractivity contribution in [1.29, 1.82) is 0 Å². The summed E-state index contributed by atoms with van der Waals surface area (Å²) in [5.74, 6) is 5.80. The molecule has 0 aliphatic rings. The first kappa shape index (κ1) is 26.5. The smallest absolute Gasteiger partial charge is 0.264 e. The molecule has 4 aromatic heterocycles. The van der Waals surface area contributed by atoms with Crippen molar-refractivity contribution in [3.63, 3.8) is 0 Å². The van der Waals surface area contributed by atoms with Crippen LogP contribution in [-0.2, 0) is 6.54 Å². The number of hydrogen-bond donors (Lipinski definition) is 3. The first-order chi connectivity index (χ1) is 20.4. The van der Waals surface area contributed by atoms with Crippen LogP contribution < -0.4 is 16.6 Å². The summed E-state index contributed by atoms with van der Waals surface area (Å²) in [5.41, 5.74) is 8.75. The van der Waals surface area contributed by atoms with Crippen LogP contribution in [-0.4, -0.2) is 46.6 Å². The van der Waals surface area contributed by atoms with Gasteiger partial charge in [-0.2, -0.15) is 5.10 Å². The molecule has 1 atom stereocenters. The number of nitrogen functional groups attached to an aromatic ring is 1. The van der Waals surface area contributed by atoms with Gasteiger partial charge in [0.1, 0.15) is 5.56 Å². The zero-order valence-corrected chi connectivity index (χ0v) is 22.6. The Morgan fingerprint density at radius 3 is 2.76 bits per heavy atom. The van der Waals surface area contributed by atoms with Crippen molar-refractivity contribution >= 4 is 28.1 Å². The number of nitrogens with one attached hydrogen (secondary N) is 1. The van der Waals surface area contributed by atoms with Crippen molar-refractivity contribution in [2.24, 2.45) is 0 Å². The Balaban J connectivity index is 1.45. The zero-order valence-electron chi connectivity index (χ0n) is 22.6. The normalized spacial score (nSPS) is 11.8. The fraction of sp³-hybridized carbons (Fsp3) is 0.129. The number of nitrogens with two attached hydrogens (primary N) is 1. The Hall–Kier alpha value is -5.73. The van der Waals surface area contributed by atoms with Crippen LogP contribution in [0, 0.1) is 11.8 Å². The van der Waals surface area contributed by atoms with Crippen molar-refractivity contribution in [2.75, 3.05) is 12.3 Å². The van der Waals surface area contributed by atoms with Crippen LogP contribution in [0.15, 0.2) is 90.2 Å². The summed E-state index contributed by atoms with van der Waals surface area (Å²) in [4.78, 5) is 31.9. The minimum Gasteiger partial charge on any atom is -0.394 e. The van der Waals surface area contributed by atoms with Crippen molar-refractivity contribution < 1.29 is 9.90 Å². The van der Waals surface area contributed by atoms with Gasteiger partial charge in [0.25, 0.3) is 11.5 Å². The van der Waals surface area contributed by atoms with Gasteiger partial charge in [0, 0.05) is 35.5 Å². The largest absolute Gasteiger partial charge is 0.394 e. The number of fused-ring (bicyclic) bond motifs is 2. The molecule has 0 saturated carbocycles. The molecule has 0 bridgehead atoms. The van der Waals surface area contributed by atoms with E-state index in [1.807, 2.05) is 48.5 Å². The van der Waals surface area contributed by atoms with Crippen molar-refractivity contribution in [2.45, 2.75) is 19.5 Å². The fourth-order valence-electron chi connectivity index (χ4n) is 4.91. The molecule has 6 rings (SSSR count). The standard InChI is InChI=1S/C31H26N8O3/c1-20(35-30(41)27-28(32)36-38-14-6-13-33-29(27)38)25-17-23-8-5-7-22(12-11-21-18-34-37(19-21)15-16-40)26(23)31(42)39(25)24-9-3-2-4-10-24/h2-10,13-14,17-20,40H,15-16H2,1H3,(H2,32,36)(H,35,41)/t20-/m1/s1. The summed E-state index contributed by atoms with van der Waals surface area (Å²) in [5, 5.41) is 21.6. The van der Waals surface area contributed by atoms with Gasteiger partial charge in [-0.1, -0.05) is 42.2 Å². The van der Waals surface area contributed by atoms with Crippen LogP contribution >= 0.6 is 0 Å². The van der Waals surface area contributed by atoms with Crippen LogP contribution in [0.1, 0.15) is 40.1 Å². The fourth-order valence-corrected chi connectivity index (χ4v) is 4.91. The van der Waals surface area contributed by atoms with E-state index in [1.165, 1.54) is 4.52 Å². The van der Waals surface area contributed by atoms with Gasteiger partial charge in [-0.05, 0) is 42.6 Å². The van der Waals surface area contributed by atoms with Gasteiger partial charge in [0.05, 0.1) is 36.3 Å². The summed E-state index contributed by atoms with van der Waals surface area (Å²) in [6.45, 7) is 2.15. The van der Waals surface area contributed by atoms with E-state index in [2.05, 4.69) is 32.3 Å². The second-order valence-corrected chi connectivity index (χ2v) is 9.62. The lowest BCUT2D eigenvalue weighted by Gasteiger charge is -2.21. The van der Waals surface area contributed by atoms with Gasteiger partial charge in [-0.3, -0.25) is 18.8 Å². The Kier molecular flexibility index (Phi) is 6.96. The number of carbonyl (C=O) groups is 1. The summed E-state index contributed by atoms with van der Waals surface area (Å²) < 4.78 is 4.65. The first-order valence-electron chi connectivity index (χ1n) is 13.2. The molecule has 0 radical (unpaired) electrons. The van der Waals surface area contributed by atoms with E-state index in [1.54, 1.807) is 53.1 Å². The number of carbonyl (C=O) groups excluding carboxylic acids is 1. The van der Waals surface area contributed by atoms with E-state index >= 15 is 0 Å². The van der Waals surface area contributed by atoms with Crippen LogP contribution in [0.3, 0.4) is 0 Å². The molecule has 11 heteroatoms. The number of hydrogen-bond acceptors (Lipinski definition) is 7. The molecule has 208 valence electrons. The van der Waals surface area contributed by atoms with Crippen LogP contribution in [0.25, 0.3) is 22.1 Å². The van der Waals surface area contributed by atoms with E-state index in [4.69, 9.17) is 10.8 Å². The third-order valence-corrected chi connectivity index (χ3v) is 6.83. The van der Waals surface area contributed by atoms with E-state index in [0.717, 1.165) is 0 Å². The number of amides is 1. The molecular weight excluding hydrogens is 532 g/mol. The molecule has 0 aliphatic heterocycles. The van der Waals surface area contributed by atoms with Gasteiger partial charge in [0.15, 0.2) is 11.5 Å². The predicted molar refractivity (Wildman–Crippen MR) is 158 cm³/mol. The minimum atomic E-state index is -0.597. The second-order valence-electron chi connectivity index (χ2n) is 9.62. The van der Waals surface area contributed by atoms with E-state index < -0.39 is 11.9 Å². The van der Waals surface area contributed by atoms with Gasteiger partial charge in [-0.15, -0.1) is 5.10 Å². The Bertz CT molecular complexity index is 2070. The molecular formula is C31H26N8O3. The number of nitrogens with zero attached hydrogens (tertiary/aromatic N) is 6. The molecule has 4 heterocycles. The number of pyridine rings is 1. The molecule has 0 spiro atoms. The third-order valence-electron chi connectivity index (χ3n) is 6.83. The van der Waals surface area contributed by atoms with E-state index in [9.17, 15) is 9.59 Å². The van der Waals surface area contributed by atoms with Gasteiger partial charge in [0.2, 0.25) is 0 Å². The highest BCUT2D eigenvalue weighted by atomic mass is 16.3.